The molecule has 2 aromatic carbocycles. The molecule has 0 saturated heterocycles. The maximum atomic E-state index is 14.0. The molecular weight excluding hydrogens is 307 g/mol. The van der Waals surface area contributed by atoms with Crippen LogP contribution in [-0.4, -0.2) is 11.1 Å². The van der Waals surface area contributed by atoms with E-state index in [4.69, 9.17) is 5.11 Å². The Morgan fingerprint density at radius 1 is 1.13 bits per heavy atom. The lowest BCUT2D eigenvalue weighted by atomic mass is 9.80. The molecule has 2 atom stereocenters. The van der Waals surface area contributed by atoms with Crippen molar-refractivity contribution >= 4 is 5.97 Å². The van der Waals surface area contributed by atoms with Gasteiger partial charge in [0.2, 0.25) is 0 Å². The fraction of sp³-hybridized carbons (Fsp3) is 0.176. The number of carboxylic acids is 1. The Morgan fingerprint density at radius 3 is 2.39 bits per heavy atom. The predicted octanol–water partition coefficient (Wildman–Crippen LogP) is 3.97. The minimum atomic E-state index is -1.24. The van der Waals surface area contributed by atoms with Crippen LogP contribution in [0.1, 0.15) is 29.4 Å². The van der Waals surface area contributed by atoms with E-state index in [2.05, 4.69) is 0 Å². The van der Waals surface area contributed by atoms with E-state index in [1.165, 1.54) is 18.2 Å². The van der Waals surface area contributed by atoms with Crippen LogP contribution in [0.15, 0.2) is 42.5 Å². The molecule has 6 heteroatoms. The van der Waals surface area contributed by atoms with Crippen molar-refractivity contribution in [3.63, 3.8) is 0 Å². The van der Waals surface area contributed by atoms with E-state index in [1.807, 2.05) is 6.07 Å². The minimum absolute atomic E-state index is 0.0930. The summed E-state index contributed by atoms with van der Waals surface area (Å²) in [5, 5.41) is 18.5. The number of hydrogen-bond acceptors (Lipinski definition) is 2. The second-order valence-electron chi connectivity index (χ2n) is 5.03. The van der Waals surface area contributed by atoms with Crippen molar-refractivity contribution < 1.29 is 23.1 Å². The number of benzene rings is 2. The van der Waals surface area contributed by atoms with Crippen LogP contribution in [0.5, 0.6) is 0 Å². The van der Waals surface area contributed by atoms with E-state index in [0.717, 1.165) is 18.2 Å². The van der Waals surface area contributed by atoms with Crippen molar-refractivity contribution in [1.29, 1.82) is 5.26 Å². The highest BCUT2D eigenvalue weighted by atomic mass is 19.1. The summed E-state index contributed by atoms with van der Waals surface area (Å²) in [6.45, 7) is 0. The number of nitriles is 1. The van der Waals surface area contributed by atoms with E-state index in [1.54, 1.807) is 0 Å². The molecule has 23 heavy (non-hydrogen) atoms. The Labute approximate surface area is 130 Å². The van der Waals surface area contributed by atoms with Crippen LogP contribution < -0.4 is 0 Å². The molecule has 2 rings (SSSR count). The van der Waals surface area contributed by atoms with Crippen LogP contribution in [0.4, 0.5) is 13.2 Å². The second kappa shape index (κ2) is 6.97. The summed E-state index contributed by atoms with van der Waals surface area (Å²) < 4.78 is 40.5. The summed E-state index contributed by atoms with van der Waals surface area (Å²) in [5.74, 6) is -5.72. The fourth-order valence-electron chi connectivity index (χ4n) is 2.49. The maximum absolute atomic E-state index is 14.0. The van der Waals surface area contributed by atoms with Gasteiger partial charge in [-0.15, -0.1) is 0 Å². The van der Waals surface area contributed by atoms with E-state index in [0.29, 0.717) is 6.07 Å². The van der Waals surface area contributed by atoms with Crippen molar-refractivity contribution in [3.8, 4) is 6.07 Å². The average molecular weight is 319 g/mol. The molecule has 0 aromatic heterocycles. The third-order valence-electron chi connectivity index (χ3n) is 3.51. The van der Waals surface area contributed by atoms with Gasteiger partial charge in [0, 0.05) is 12.0 Å². The van der Waals surface area contributed by atoms with Crippen LogP contribution in [0.3, 0.4) is 0 Å². The Bertz CT molecular complexity index is 771. The van der Waals surface area contributed by atoms with Crippen molar-refractivity contribution in [2.45, 2.75) is 18.3 Å². The number of halogens is 3. The van der Waals surface area contributed by atoms with E-state index in [-0.39, 0.29) is 11.1 Å². The SMILES string of the molecule is N#CC(c1cccc(F)c1)C(CC(=O)O)c1ccc(F)cc1F. The molecule has 0 amide bonds. The standard InChI is InChI=1S/C17H12F3NO2/c18-11-3-1-2-10(6-11)15(9-21)14(8-17(22)23)13-5-4-12(19)7-16(13)20/h1-7,14-15H,8H2,(H,22,23). The van der Waals surface area contributed by atoms with Crippen LogP contribution in [-0.2, 0) is 4.79 Å². The summed E-state index contributed by atoms with van der Waals surface area (Å²) in [6.07, 6.45) is -0.544. The van der Waals surface area contributed by atoms with Crippen LogP contribution in [0.2, 0.25) is 0 Å². The van der Waals surface area contributed by atoms with Crippen molar-refractivity contribution in [2.24, 2.45) is 0 Å². The van der Waals surface area contributed by atoms with Crippen molar-refractivity contribution in [2.75, 3.05) is 0 Å². The largest absolute Gasteiger partial charge is 0.481 e. The summed E-state index contributed by atoms with van der Waals surface area (Å²) in [7, 11) is 0. The van der Waals surface area contributed by atoms with Gasteiger partial charge in [-0.25, -0.2) is 13.2 Å². The third kappa shape index (κ3) is 3.89. The fourth-order valence-corrected chi connectivity index (χ4v) is 2.49. The quantitative estimate of drug-likeness (QED) is 0.907. The zero-order chi connectivity index (χ0) is 17.0. The van der Waals surface area contributed by atoms with Gasteiger partial charge in [-0.2, -0.15) is 5.26 Å². The molecule has 0 fully saturated rings. The third-order valence-corrected chi connectivity index (χ3v) is 3.51. The van der Waals surface area contributed by atoms with Gasteiger partial charge >= 0.3 is 5.97 Å². The van der Waals surface area contributed by atoms with Crippen LogP contribution in [0, 0.1) is 28.8 Å². The highest BCUT2D eigenvalue weighted by Gasteiger charge is 2.29. The smallest absolute Gasteiger partial charge is 0.304 e. The topological polar surface area (TPSA) is 61.1 Å². The number of rotatable bonds is 5. The predicted molar refractivity (Wildman–Crippen MR) is 76.1 cm³/mol. The molecule has 2 unspecified atom stereocenters. The molecule has 0 radical (unpaired) electrons. The zero-order valence-corrected chi connectivity index (χ0v) is 11.8. The highest BCUT2D eigenvalue weighted by molar-refractivity contribution is 5.68. The lowest BCUT2D eigenvalue weighted by Gasteiger charge is -2.22. The van der Waals surface area contributed by atoms with E-state index in [9.17, 15) is 23.2 Å². The van der Waals surface area contributed by atoms with Crippen LogP contribution in [0.25, 0.3) is 0 Å². The van der Waals surface area contributed by atoms with Gasteiger partial charge in [-0.05, 0) is 29.3 Å². The van der Waals surface area contributed by atoms with Gasteiger partial charge in [0.05, 0.1) is 18.4 Å². The first-order chi connectivity index (χ1) is 10.9. The average Bonchev–Trinajstić information content (AvgIpc) is 2.47. The highest BCUT2D eigenvalue weighted by Crippen LogP contribution is 2.37. The molecule has 0 bridgehead atoms. The molecule has 1 N–H and O–H groups in total. The summed E-state index contributed by atoms with van der Waals surface area (Å²) in [6, 6.07) is 9.77. The lowest BCUT2D eigenvalue weighted by Crippen LogP contribution is -2.16. The summed E-state index contributed by atoms with van der Waals surface area (Å²) >= 11 is 0. The number of nitrogens with zero attached hydrogens (tertiary/aromatic N) is 1. The van der Waals surface area contributed by atoms with E-state index < -0.39 is 41.7 Å². The molecule has 0 aliphatic rings. The number of carboxylic acid groups (broad SMARTS) is 1. The Hall–Kier alpha value is -2.81. The zero-order valence-electron chi connectivity index (χ0n) is 11.8. The number of carbonyl (C=O) groups is 1. The maximum Gasteiger partial charge on any atom is 0.304 e. The molecule has 3 nitrogen and oxygen atoms in total. The Kier molecular flexibility index (Phi) is 5.02. The number of hydrogen-bond donors (Lipinski definition) is 1. The first kappa shape index (κ1) is 16.6. The van der Waals surface area contributed by atoms with Crippen molar-refractivity contribution in [1.82, 2.24) is 0 Å². The molecule has 118 valence electrons. The number of aliphatic carboxylic acids is 1. The molecule has 0 aliphatic carbocycles. The van der Waals surface area contributed by atoms with Crippen LogP contribution >= 0.6 is 0 Å². The van der Waals surface area contributed by atoms with E-state index >= 15 is 0 Å². The Balaban J connectivity index is 2.52. The second-order valence-corrected chi connectivity index (χ2v) is 5.03. The van der Waals surface area contributed by atoms with Gasteiger partial charge in [-0.1, -0.05) is 18.2 Å². The van der Waals surface area contributed by atoms with Gasteiger partial charge in [0.15, 0.2) is 0 Å². The molecule has 0 spiro atoms. The Morgan fingerprint density at radius 2 is 1.83 bits per heavy atom. The first-order valence-corrected chi connectivity index (χ1v) is 6.74. The molecule has 2 aromatic rings. The first-order valence-electron chi connectivity index (χ1n) is 6.74. The van der Waals surface area contributed by atoms with Gasteiger partial charge in [0.1, 0.15) is 17.5 Å². The molecular formula is C17H12F3NO2. The normalized spacial score (nSPS) is 13.1. The molecule has 0 saturated carbocycles. The summed E-state index contributed by atoms with van der Waals surface area (Å²) in [4.78, 5) is 11.1. The lowest BCUT2D eigenvalue weighted by molar-refractivity contribution is -0.137. The molecule has 0 aliphatic heterocycles. The van der Waals surface area contributed by atoms with Gasteiger partial charge < -0.3 is 5.11 Å². The van der Waals surface area contributed by atoms with Gasteiger partial charge in [-0.3, -0.25) is 4.79 Å². The van der Waals surface area contributed by atoms with Crippen molar-refractivity contribution in [3.05, 3.63) is 71.0 Å². The van der Waals surface area contributed by atoms with Gasteiger partial charge in [0.25, 0.3) is 0 Å². The minimum Gasteiger partial charge on any atom is -0.481 e. The monoisotopic (exact) mass is 319 g/mol. The summed E-state index contributed by atoms with van der Waals surface area (Å²) in [5.41, 5.74) is 0.145. The molecule has 0 heterocycles.